The molecule has 0 aliphatic carbocycles. The van der Waals surface area contributed by atoms with Gasteiger partial charge in [-0.25, -0.2) is 0 Å². The van der Waals surface area contributed by atoms with Crippen molar-refractivity contribution in [2.75, 3.05) is 18.1 Å². The van der Waals surface area contributed by atoms with E-state index < -0.39 is 0 Å². The highest BCUT2D eigenvalue weighted by molar-refractivity contribution is 9.09. The average Bonchev–Trinajstić information content (AvgIpc) is 2.36. The van der Waals surface area contributed by atoms with Gasteiger partial charge in [-0.05, 0) is 30.7 Å². The highest BCUT2D eigenvalue weighted by Crippen LogP contribution is 2.19. The molecule has 0 spiro atoms. The lowest BCUT2D eigenvalue weighted by atomic mass is 10.1. The Bertz CT molecular complexity index is 370. The van der Waals surface area contributed by atoms with Gasteiger partial charge >= 0.3 is 0 Å². The van der Waals surface area contributed by atoms with Gasteiger partial charge in [0.25, 0.3) is 5.91 Å². The predicted molar refractivity (Wildman–Crippen MR) is 78.1 cm³/mol. The number of carbonyl (C=O) groups excluding carboxylic acids is 1. The molecule has 1 N–H and O–H groups in total. The van der Waals surface area contributed by atoms with E-state index >= 15 is 0 Å². The molecule has 1 amide bonds. The maximum absolute atomic E-state index is 12.0. The number of halogens is 1. The summed E-state index contributed by atoms with van der Waals surface area (Å²) in [7, 11) is 0. The number of hydrogen-bond donors (Lipinski definition) is 1. The van der Waals surface area contributed by atoms with Crippen LogP contribution < -0.4 is 5.32 Å². The number of hydrogen-bond acceptors (Lipinski definition) is 2. The molecule has 0 heterocycles. The second-order valence-corrected chi connectivity index (χ2v) is 5.63. The number of carbonyl (C=O) groups is 1. The standard InChI is InChI=1S/C13H18BrNOS/c1-10(7-8-14)9-15-13(16)11-5-3-4-6-12(11)17-2/h3-6,10H,7-9H2,1-2H3,(H,15,16). The average molecular weight is 316 g/mol. The monoisotopic (exact) mass is 315 g/mol. The van der Waals surface area contributed by atoms with Gasteiger partial charge in [0, 0.05) is 16.8 Å². The molecule has 2 nitrogen and oxygen atoms in total. The maximum Gasteiger partial charge on any atom is 0.252 e. The Morgan fingerprint density at radius 2 is 2.18 bits per heavy atom. The summed E-state index contributed by atoms with van der Waals surface area (Å²) in [6.07, 6.45) is 3.06. The molecule has 17 heavy (non-hydrogen) atoms. The summed E-state index contributed by atoms with van der Waals surface area (Å²) >= 11 is 5.01. The van der Waals surface area contributed by atoms with Crippen molar-refractivity contribution < 1.29 is 4.79 Å². The van der Waals surface area contributed by atoms with Crippen molar-refractivity contribution in [2.45, 2.75) is 18.2 Å². The summed E-state index contributed by atoms with van der Waals surface area (Å²) in [6, 6.07) is 7.70. The van der Waals surface area contributed by atoms with Gasteiger partial charge in [-0.2, -0.15) is 0 Å². The summed E-state index contributed by atoms with van der Waals surface area (Å²) in [5.41, 5.74) is 0.769. The van der Waals surface area contributed by atoms with Crippen LogP contribution in [0.25, 0.3) is 0 Å². The van der Waals surface area contributed by atoms with Crippen molar-refractivity contribution in [1.29, 1.82) is 0 Å². The van der Waals surface area contributed by atoms with E-state index in [2.05, 4.69) is 28.2 Å². The van der Waals surface area contributed by atoms with E-state index in [4.69, 9.17) is 0 Å². The first-order valence-electron chi connectivity index (χ1n) is 5.66. The zero-order valence-electron chi connectivity index (χ0n) is 10.2. The van der Waals surface area contributed by atoms with Gasteiger partial charge in [0.2, 0.25) is 0 Å². The third kappa shape index (κ3) is 4.72. The van der Waals surface area contributed by atoms with Crippen LogP contribution >= 0.6 is 27.7 Å². The van der Waals surface area contributed by atoms with E-state index in [1.54, 1.807) is 11.8 Å². The third-order valence-electron chi connectivity index (χ3n) is 2.56. The molecule has 94 valence electrons. The molecule has 0 aliphatic heterocycles. The lowest BCUT2D eigenvalue weighted by Crippen LogP contribution is -2.28. The van der Waals surface area contributed by atoms with Crippen molar-refractivity contribution in [1.82, 2.24) is 5.32 Å². The van der Waals surface area contributed by atoms with Crippen LogP contribution in [-0.4, -0.2) is 24.0 Å². The molecule has 0 aliphatic rings. The SMILES string of the molecule is CSc1ccccc1C(=O)NCC(C)CCBr. The van der Waals surface area contributed by atoms with Gasteiger partial charge in [-0.15, -0.1) is 11.8 Å². The summed E-state index contributed by atoms with van der Waals surface area (Å²) in [5.74, 6) is 0.524. The Morgan fingerprint density at radius 1 is 1.47 bits per heavy atom. The lowest BCUT2D eigenvalue weighted by molar-refractivity contribution is 0.0945. The fraction of sp³-hybridized carbons (Fsp3) is 0.462. The van der Waals surface area contributed by atoms with E-state index in [0.717, 1.165) is 28.8 Å². The Hall–Kier alpha value is -0.480. The van der Waals surface area contributed by atoms with Gasteiger partial charge < -0.3 is 5.32 Å². The molecule has 1 atom stereocenters. The van der Waals surface area contributed by atoms with Crippen LogP contribution in [0.4, 0.5) is 0 Å². The highest BCUT2D eigenvalue weighted by atomic mass is 79.9. The van der Waals surface area contributed by atoms with Gasteiger partial charge in [0.1, 0.15) is 0 Å². The molecular formula is C13H18BrNOS. The van der Waals surface area contributed by atoms with Gasteiger partial charge in [-0.1, -0.05) is 35.0 Å². The predicted octanol–water partition coefficient (Wildman–Crippen LogP) is 3.56. The molecular weight excluding hydrogens is 298 g/mol. The van der Waals surface area contributed by atoms with Crippen molar-refractivity contribution in [3.05, 3.63) is 29.8 Å². The van der Waals surface area contributed by atoms with Crippen LogP contribution in [0.15, 0.2) is 29.2 Å². The zero-order valence-corrected chi connectivity index (χ0v) is 12.6. The molecule has 0 radical (unpaired) electrons. The van der Waals surface area contributed by atoms with Crippen molar-refractivity contribution in [2.24, 2.45) is 5.92 Å². The Balaban J connectivity index is 2.58. The summed E-state index contributed by atoms with van der Waals surface area (Å²) < 4.78 is 0. The lowest BCUT2D eigenvalue weighted by Gasteiger charge is -2.12. The third-order valence-corrected chi connectivity index (χ3v) is 3.82. The second-order valence-electron chi connectivity index (χ2n) is 3.99. The van der Waals surface area contributed by atoms with Crippen LogP contribution in [-0.2, 0) is 0 Å². The normalized spacial score (nSPS) is 12.2. The minimum absolute atomic E-state index is 0.0244. The number of thioether (sulfide) groups is 1. The smallest absolute Gasteiger partial charge is 0.252 e. The van der Waals surface area contributed by atoms with Crippen LogP contribution in [0.1, 0.15) is 23.7 Å². The number of amides is 1. The van der Waals surface area contributed by atoms with Crippen molar-refractivity contribution in [3.8, 4) is 0 Å². The molecule has 4 heteroatoms. The van der Waals surface area contributed by atoms with E-state index in [1.165, 1.54) is 0 Å². The first-order chi connectivity index (χ1) is 8.19. The minimum atomic E-state index is 0.0244. The molecule has 1 rings (SSSR count). The molecule has 0 saturated heterocycles. The van der Waals surface area contributed by atoms with Gasteiger partial charge in [0.05, 0.1) is 5.56 Å². The molecule has 1 unspecified atom stereocenters. The first-order valence-corrected chi connectivity index (χ1v) is 8.00. The number of alkyl halides is 1. The Kier molecular flexibility index (Phi) is 6.66. The molecule has 1 aromatic carbocycles. The largest absolute Gasteiger partial charge is 0.352 e. The molecule has 1 aromatic rings. The fourth-order valence-electron chi connectivity index (χ4n) is 1.48. The van der Waals surface area contributed by atoms with Crippen molar-refractivity contribution in [3.63, 3.8) is 0 Å². The van der Waals surface area contributed by atoms with Gasteiger partial charge in [0.15, 0.2) is 0 Å². The highest BCUT2D eigenvalue weighted by Gasteiger charge is 2.10. The maximum atomic E-state index is 12.0. The topological polar surface area (TPSA) is 29.1 Å². The molecule has 0 bridgehead atoms. The number of rotatable bonds is 6. The van der Waals surface area contributed by atoms with Crippen LogP contribution in [0.2, 0.25) is 0 Å². The molecule has 0 aromatic heterocycles. The first kappa shape index (κ1) is 14.6. The van der Waals surface area contributed by atoms with E-state index in [-0.39, 0.29) is 5.91 Å². The van der Waals surface area contributed by atoms with Crippen LogP contribution in [0.5, 0.6) is 0 Å². The van der Waals surface area contributed by atoms with Crippen LogP contribution in [0.3, 0.4) is 0 Å². The van der Waals surface area contributed by atoms with E-state index in [9.17, 15) is 4.79 Å². The van der Waals surface area contributed by atoms with Crippen LogP contribution in [0, 0.1) is 5.92 Å². The molecule has 0 fully saturated rings. The Labute approximate surface area is 116 Å². The van der Waals surface area contributed by atoms with Crippen molar-refractivity contribution >= 4 is 33.6 Å². The number of benzene rings is 1. The fourth-order valence-corrected chi connectivity index (χ4v) is 2.86. The van der Waals surface area contributed by atoms with E-state index in [0.29, 0.717) is 5.92 Å². The molecule has 0 saturated carbocycles. The minimum Gasteiger partial charge on any atom is -0.352 e. The van der Waals surface area contributed by atoms with Gasteiger partial charge in [-0.3, -0.25) is 4.79 Å². The summed E-state index contributed by atoms with van der Waals surface area (Å²) in [5, 5.41) is 3.96. The zero-order chi connectivity index (χ0) is 12.7. The number of nitrogens with one attached hydrogen (secondary N) is 1. The Morgan fingerprint density at radius 3 is 2.82 bits per heavy atom. The van der Waals surface area contributed by atoms with E-state index in [1.807, 2.05) is 30.5 Å². The quantitative estimate of drug-likeness (QED) is 0.642. The second kappa shape index (κ2) is 7.77. The summed E-state index contributed by atoms with van der Waals surface area (Å²) in [4.78, 5) is 13.0. The summed E-state index contributed by atoms with van der Waals surface area (Å²) in [6.45, 7) is 2.87.